The van der Waals surface area contributed by atoms with Gasteiger partial charge in [-0.2, -0.15) is 4.98 Å². The van der Waals surface area contributed by atoms with E-state index in [-0.39, 0.29) is 12.0 Å². The molecule has 102 valence electrons. The topological polar surface area (TPSA) is 67.3 Å². The lowest BCUT2D eigenvalue weighted by Crippen LogP contribution is -2.18. The molecule has 0 aromatic carbocycles. The van der Waals surface area contributed by atoms with Crippen LogP contribution in [0.1, 0.15) is 39.9 Å². The molecule has 0 spiro atoms. The van der Waals surface area contributed by atoms with E-state index < -0.39 is 0 Å². The van der Waals surface area contributed by atoms with E-state index in [0.29, 0.717) is 18.9 Å². The number of hydrogen-bond acceptors (Lipinski definition) is 5. The van der Waals surface area contributed by atoms with Gasteiger partial charge in [0, 0.05) is 31.1 Å². The van der Waals surface area contributed by atoms with Gasteiger partial charge < -0.3 is 15.2 Å². The number of aromatic nitrogens is 2. The molecule has 1 heterocycles. The number of aliphatic hydroxyl groups excluding tert-OH is 1. The molecule has 0 saturated carbocycles. The Morgan fingerprint density at radius 3 is 2.61 bits per heavy atom. The van der Waals surface area contributed by atoms with Gasteiger partial charge in [0.15, 0.2) is 0 Å². The van der Waals surface area contributed by atoms with E-state index in [1.165, 1.54) is 0 Å². The first-order valence-electron chi connectivity index (χ1n) is 6.34. The fourth-order valence-corrected chi connectivity index (χ4v) is 1.35. The minimum atomic E-state index is -0.124. The summed E-state index contributed by atoms with van der Waals surface area (Å²) in [7, 11) is 0. The van der Waals surface area contributed by atoms with Crippen molar-refractivity contribution >= 4 is 5.82 Å². The first-order chi connectivity index (χ1) is 8.47. The molecule has 0 aliphatic heterocycles. The lowest BCUT2D eigenvalue weighted by molar-refractivity contribution is 0.228. The maximum atomic E-state index is 8.74. The average molecular weight is 253 g/mol. The molecule has 1 rings (SSSR count). The average Bonchev–Trinajstić information content (AvgIpc) is 2.28. The summed E-state index contributed by atoms with van der Waals surface area (Å²) in [5.74, 6) is 2.08. The molecule has 0 atom stereocenters. The van der Waals surface area contributed by atoms with E-state index in [0.717, 1.165) is 18.2 Å². The third-order valence-corrected chi connectivity index (χ3v) is 2.28. The van der Waals surface area contributed by atoms with Crippen LogP contribution in [-0.2, 0) is 5.41 Å². The molecular weight excluding hydrogens is 230 g/mol. The van der Waals surface area contributed by atoms with E-state index in [1.807, 2.05) is 6.92 Å². The van der Waals surface area contributed by atoms with Crippen molar-refractivity contribution in [3.63, 3.8) is 0 Å². The number of nitrogens with zero attached hydrogens (tertiary/aromatic N) is 2. The third kappa shape index (κ3) is 4.49. The lowest BCUT2D eigenvalue weighted by Gasteiger charge is -2.18. The molecule has 2 N–H and O–H groups in total. The highest BCUT2D eigenvalue weighted by molar-refractivity contribution is 5.39. The molecule has 5 heteroatoms. The van der Waals surface area contributed by atoms with Crippen LogP contribution in [0.15, 0.2) is 6.07 Å². The zero-order valence-electron chi connectivity index (χ0n) is 11.7. The van der Waals surface area contributed by atoms with Gasteiger partial charge in [-0.25, -0.2) is 4.98 Å². The van der Waals surface area contributed by atoms with Crippen molar-refractivity contribution in [1.82, 2.24) is 9.97 Å². The maximum absolute atomic E-state index is 8.74. The molecule has 1 aromatic heterocycles. The highest BCUT2D eigenvalue weighted by atomic mass is 16.5. The number of nitrogens with one attached hydrogen (secondary N) is 1. The number of hydrogen-bond donors (Lipinski definition) is 2. The fraction of sp³-hybridized carbons (Fsp3) is 0.692. The van der Waals surface area contributed by atoms with Gasteiger partial charge in [-0.05, 0) is 6.92 Å². The van der Waals surface area contributed by atoms with Crippen LogP contribution in [0, 0.1) is 0 Å². The van der Waals surface area contributed by atoms with Crippen molar-refractivity contribution in [2.24, 2.45) is 0 Å². The Balaban J connectivity index is 2.91. The number of ether oxygens (including phenoxy) is 1. The number of rotatable bonds is 6. The maximum Gasteiger partial charge on any atom is 0.218 e. The van der Waals surface area contributed by atoms with Crippen LogP contribution in [0.3, 0.4) is 0 Å². The number of anilines is 1. The highest BCUT2D eigenvalue weighted by Gasteiger charge is 2.19. The second-order valence-corrected chi connectivity index (χ2v) is 5.12. The molecule has 1 aromatic rings. The van der Waals surface area contributed by atoms with Crippen LogP contribution in [0.25, 0.3) is 0 Å². The molecule has 0 unspecified atom stereocenters. The first kappa shape index (κ1) is 14.7. The van der Waals surface area contributed by atoms with E-state index in [4.69, 9.17) is 9.84 Å². The summed E-state index contributed by atoms with van der Waals surface area (Å²) < 4.78 is 5.52. The second-order valence-electron chi connectivity index (χ2n) is 5.12. The third-order valence-electron chi connectivity index (χ3n) is 2.28. The van der Waals surface area contributed by atoms with Crippen LogP contribution < -0.4 is 10.1 Å². The van der Waals surface area contributed by atoms with Crippen molar-refractivity contribution in [3.8, 4) is 5.88 Å². The summed E-state index contributed by atoms with van der Waals surface area (Å²) in [6.07, 6.45) is 0.603. The fourth-order valence-electron chi connectivity index (χ4n) is 1.35. The predicted octanol–water partition coefficient (Wildman–Crippen LogP) is 1.97. The molecule has 0 saturated heterocycles. The first-order valence-corrected chi connectivity index (χ1v) is 6.34. The van der Waals surface area contributed by atoms with Crippen LogP contribution in [-0.4, -0.2) is 34.8 Å². The van der Waals surface area contributed by atoms with Crippen molar-refractivity contribution in [2.75, 3.05) is 25.1 Å². The van der Waals surface area contributed by atoms with Gasteiger partial charge in [0.05, 0.1) is 6.61 Å². The summed E-state index contributed by atoms with van der Waals surface area (Å²) in [5, 5.41) is 11.9. The highest BCUT2D eigenvalue weighted by Crippen LogP contribution is 2.23. The van der Waals surface area contributed by atoms with Crippen molar-refractivity contribution in [1.29, 1.82) is 0 Å². The van der Waals surface area contributed by atoms with Crippen LogP contribution in [0.5, 0.6) is 5.88 Å². The molecule has 0 aliphatic rings. The molecular formula is C13H23N3O2. The van der Waals surface area contributed by atoms with Crippen LogP contribution in [0.4, 0.5) is 5.82 Å². The second kappa shape index (κ2) is 6.54. The van der Waals surface area contributed by atoms with E-state index in [1.54, 1.807) is 6.07 Å². The summed E-state index contributed by atoms with van der Waals surface area (Å²) >= 11 is 0. The smallest absolute Gasteiger partial charge is 0.218 e. The zero-order valence-corrected chi connectivity index (χ0v) is 11.7. The van der Waals surface area contributed by atoms with Gasteiger partial charge in [0.2, 0.25) is 5.88 Å². The van der Waals surface area contributed by atoms with E-state index >= 15 is 0 Å². The molecule has 0 aliphatic carbocycles. The van der Waals surface area contributed by atoms with Crippen molar-refractivity contribution < 1.29 is 9.84 Å². The van der Waals surface area contributed by atoms with Crippen LogP contribution in [0.2, 0.25) is 0 Å². The lowest BCUT2D eigenvalue weighted by atomic mass is 9.96. The van der Waals surface area contributed by atoms with Crippen molar-refractivity contribution in [3.05, 3.63) is 11.9 Å². The SMILES string of the molecule is CCNc1cc(OCCCO)nc(C(C)(C)C)n1. The molecule has 5 nitrogen and oxygen atoms in total. The molecule has 0 fully saturated rings. The van der Waals surface area contributed by atoms with Gasteiger partial charge in [-0.3, -0.25) is 0 Å². The molecule has 0 amide bonds. The van der Waals surface area contributed by atoms with E-state index in [2.05, 4.69) is 36.1 Å². The Hall–Kier alpha value is -1.36. The number of aliphatic hydroxyl groups is 1. The van der Waals surface area contributed by atoms with Gasteiger partial charge in [-0.1, -0.05) is 20.8 Å². The summed E-state index contributed by atoms with van der Waals surface area (Å²) in [6.45, 7) is 9.60. The van der Waals surface area contributed by atoms with Gasteiger partial charge in [-0.15, -0.1) is 0 Å². The Labute approximate surface area is 109 Å². The van der Waals surface area contributed by atoms with E-state index in [9.17, 15) is 0 Å². The predicted molar refractivity (Wildman–Crippen MR) is 72.1 cm³/mol. The van der Waals surface area contributed by atoms with Gasteiger partial charge in [0.25, 0.3) is 0 Å². The largest absolute Gasteiger partial charge is 0.477 e. The standard InChI is InChI=1S/C13H23N3O2/c1-5-14-10-9-11(18-8-6-7-17)16-12(15-10)13(2,3)4/h9,17H,5-8H2,1-4H3,(H,14,15,16). The quantitative estimate of drug-likeness (QED) is 0.759. The zero-order chi connectivity index (χ0) is 13.6. The van der Waals surface area contributed by atoms with Gasteiger partial charge >= 0.3 is 0 Å². The Morgan fingerprint density at radius 1 is 1.33 bits per heavy atom. The monoisotopic (exact) mass is 253 g/mol. The van der Waals surface area contributed by atoms with Crippen LogP contribution >= 0.6 is 0 Å². The summed E-state index contributed by atoms with van der Waals surface area (Å²) in [4.78, 5) is 8.87. The van der Waals surface area contributed by atoms with Crippen molar-refractivity contribution in [2.45, 2.75) is 39.5 Å². The summed E-state index contributed by atoms with van der Waals surface area (Å²) in [5.41, 5.74) is -0.124. The summed E-state index contributed by atoms with van der Waals surface area (Å²) in [6, 6.07) is 1.79. The molecule has 0 bridgehead atoms. The van der Waals surface area contributed by atoms with Gasteiger partial charge in [0.1, 0.15) is 11.6 Å². The normalized spacial score (nSPS) is 11.4. The Bertz CT molecular complexity index is 375. The Morgan fingerprint density at radius 2 is 2.06 bits per heavy atom. The molecule has 18 heavy (non-hydrogen) atoms. The molecule has 0 radical (unpaired) electrons. The minimum absolute atomic E-state index is 0.122. The Kier molecular flexibility index (Phi) is 5.34. The minimum Gasteiger partial charge on any atom is -0.477 e.